The Morgan fingerprint density at radius 2 is 1.35 bits per heavy atom. The van der Waals surface area contributed by atoms with Crippen LogP contribution in [0.15, 0.2) is 89.7 Å². The fourth-order valence-electron chi connectivity index (χ4n) is 3.08. The van der Waals surface area contributed by atoms with E-state index in [-0.39, 0.29) is 5.56 Å². The normalized spacial score (nSPS) is 10.8. The van der Waals surface area contributed by atoms with Gasteiger partial charge in [0.05, 0.1) is 11.1 Å². The third-order valence-electron chi connectivity index (χ3n) is 4.31. The Kier molecular flexibility index (Phi) is 3.86. The minimum absolute atomic E-state index is 0.316. The predicted octanol–water partition coefficient (Wildman–Crippen LogP) is 3.30. The summed E-state index contributed by atoms with van der Waals surface area (Å²) in [5, 5.41) is 13.3. The molecule has 0 unspecified atom stereocenters. The molecule has 1 aromatic heterocycles. The van der Waals surface area contributed by atoms with E-state index in [9.17, 15) is 14.7 Å². The molecule has 0 radical (unpaired) electrons. The van der Waals surface area contributed by atoms with Crippen LogP contribution >= 0.6 is 0 Å². The molecule has 1 heterocycles. The van der Waals surface area contributed by atoms with Crippen molar-refractivity contribution in [3.8, 4) is 11.4 Å². The van der Waals surface area contributed by atoms with Crippen molar-refractivity contribution in [3.63, 3.8) is 0 Å². The highest BCUT2D eigenvalue weighted by molar-refractivity contribution is 6.12. The molecule has 4 aromatic rings. The van der Waals surface area contributed by atoms with Gasteiger partial charge in [0.15, 0.2) is 5.78 Å². The smallest absolute Gasteiger partial charge is 0.266 e. The van der Waals surface area contributed by atoms with Crippen LogP contribution < -0.4 is 10.7 Å². The van der Waals surface area contributed by atoms with Crippen LogP contribution in [-0.2, 0) is 0 Å². The molecule has 0 aliphatic rings. The van der Waals surface area contributed by atoms with Crippen LogP contribution in [0, 0.1) is 0 Å². The van der Waals surface area contributed by atoms with Crippen molar-refractivity contribution in [2.24, 2.45) is 0 Å². The maximum absolute atomic E-state index is 13.2. The Morgan fingerprint density at radius 3 is 2.04 bits per heavy atom. The van der Waals surface area contributed by atoms with Crippen LogP contribution in [0.2, 0.25) is 0 Å². The van der Waals surface area contributed by atoms with Gasteiger partial charge < -0.3 is 5.11 Å². The van der Waals surface area contributed by atoms with Gasteiger partial charge in [-0.1, -0.05) is 72.5 Å². The van der Waals surface area contributed by atoms with Crippen molar-refractivity contribution in [1.29, 1.82) is 0 Å². The summed E-state index contributed by atoms with van der Waals surface area (Å²) in [5.74, 6) is -1.09. The Morgan fingerprint density at radius 1 is 0.769 bits per heavy atom. The van der Waals surface area contributed by atoms with Crippen molar-refractivity contribution < 1.29 is 9.90 Å². The number of fused-ring (bicyclic) bond motifs is 1. The van der Waals surface area contributed by atoms with E-state index in [1.54, 1.807) is 78.9 Å². The van der Waals surface area contributed by atoms with Crippen LogP contribution in [0.4, 0.5) is 0 Å². The summed E-state index contributed by atoms with van der Waals surface area (Å²) in [6, 6.07) is 24.2. The number of para-hydroxylation sites is 2. The second-order valence-corrected chi connectivity index (χ2v) is 5.89. The minimum Gasteiger partial charge on any atom is -0.871 e. The molecular weight excluding hydrogens is 326 g/mol. The predicted molar refractivity (Wildman–Crippen MR) is 98.9 cm³/mol. The maximum Gasteiger partial charge on any atom is 0.266 e. The van der Waals surface area contributed by atoms with Crippen LogP contribution in [0.25, 0.3) is 16.6 Å². The Hall–Kier alpha value is -3.66. The van der Waals surface area contributed by atoms with Crippen molar-refractivity contribution in [2.45, 2.75) is 0 Å². The molecule has 0 amide bonds. The molecule has 0 bridgehead atoms. The van der Waals surface area contributed by atoms with E-state index in [0.29, 0.717) is 22.2 Å². The summed E-state index contributed by atoms with van der Waals surface area (Å²) in [6.45, 7) is 0. The summed E-state index contributed by atoms with van der Waals surface area (Å²) in [4.78, 5) is 26.1. The molecule has 0 fully saturated rings. The largest absolute Gasteiger partial charge is 0.871 e. The fourth-order valence-corrected chi connectivity index (χ4v) is 3.08. The molecule has 126 valence electrons. The third-order valence-corrected chi connectivity index (χ3v) is 4.31. The van der Waals surface area contributed by atoms with Crippen LogP contribution in [0.1, 0.15) is 15.9 Å². The molecule has 0 spiro atoms. The molecule has 4 nitrogen and oxygen atoms in total. The first-order valence-electron chi connectivity index (χ1n) is 8.18. The highest BCUT2D eigenvalue weighted by Gasteiger charge is 2.19. The highest BCUT2D eigenvalue weighted by atomic mass is 16.3. The van der Waals surface area contributed by atoms with E-state index in [1.165, 1.54) is 4.57 Å². The van der Waals surface area contributed by atoms with Gasteiger partial charge in [-0.2, -0.15) is 0 Å². The average molecular weight is 340 g/mol. The molecule has 0 N–H and O–H groups in total. The first-order chi connectivity index (χ1) is 12.7. The lowest BCUT2D eigenvalue weighted by Crippen LogP contribution is -2.28. The number of benzene rings is 3. The molecule has 0 aliphatic heterocycles. The van der Waals surface area contributed by atoms with Gasteiger partial charge in [-0.3, -0.25) is 14.2 Å². The quantitative estimate of drug-likeness (QED) is 0.538. The SMILES string of the molecule is O=C(c1ccccc1)c1c([O-])c2ccccc2n(-c2ccccc2)c1=O. The summed E-state index contributed by atoms with van der Waals surface area (Å²) >= 11 is 0. The summed E-state index contributed by atoms with van der Waals surface area (Å²) in [5.41, 5.74) is 0.471. The van der Waals surface area contributed by atoms with E-state index in [0.717, 1.165) is 0 Å². The minimum atomic E-state index is -0.603. The van der Waals surface area contributed by atoms with Gasteiger partial charge in [0.2, 0.25) is 0 Å². The molecule has 4 heteroatoms. The zero-order valence-corrected chi connectivity index (χ0v) is 13.8. The number of nitrogens with zero attached hydrogens (tertiary/aromatic N) is 1. The number of pyridine rings is 1. The number of hydrogen-bond acceptors (Lipinski definition) is 3. The van der Waals surface area contributed by atoms with Gasteiger partial charge >= 0.3 is 0 Å². The monoisotopic (exact) mass is 340 g/mol. The maximum atomic E-state index is 13.2. The van der Waals surface area contributed by atoms with Gasteiger partial charge in [-0.25, -0.2) is 0 Å². The van der Waals surface area contributed by atoms with Crippen molar-refractivity contribution in [3.05, 3.63) is 106 Å². The number of carbonyl (C=O) groups excluding carboxylic acids is 1. The summed E-state index contributed by atoms with van der Waals surface area (Å²) in [7, 11) is 0. The molecule has 4 rings (SSSR count). The van der Waals surface area contributed by atoms with Crippen LogP contribution in [-0.4, -0.2) is 10.4 Å². The first-order valence-corrected chi connectivity index (χ1v) is 8.18. The molecule has 0 saturated carbocycles. The van der Waals surface area contributed by atoms with Crippen LogP contribution in [0.3, 0.4) is 0 Å². The number of rotatable bonds is 3. The van der Waals surface area contributed by atoms with Gasteiger partial charge in [-0.15, -0.1) is 0 Å². The van der Waals surface area contributed by atoms with Gasteiger partial charge in [0, 0.05) is 11.3 Å². The molecule has 3 aromatic carbocycles. The van der Waals surface area contributed by atoms with E-state index in [1.807, 2.05) is 6.07 Å². The van der Waals surface area contributed by atoms with Crippen molar-refractivity contribution in [1.82, 2.24) is 4.57 Å². The van der Waals surface area contributed by atoms with E-state index < -0.39 is 17.1 Å². The summed E-state index contributed by atoms with van der Waals surface area (Å²) in [6.07, 6.45) is 0. The zero-order chi connectivity index (χ0) is 18.1. The van der Waals surface area contributed by atoms with Gasteiger partial charge in [0.25, 0.3) is 5.56 Å². The van der Waals surface area contributed by atoms with E-state index in [2.05, 4.69) is 0 Å². The fraction of sp³-hybridized carbons (Fsp3) is 0. The standard InChI is InChI=1S/C22H15NO3/c24-20(15-9-3-1-4-10-15)19-21(25)17-13-7-8-14-18(17)23(22(19)26)16-11-5-2-6-12-16/h1-14,25H/p-1. The number of ketones is 1. The number of aromatic nitrogens is 1. The Labute approximate surface area is 149 Å². The van der Waals surface area contributed by atoms with E-state index >= 15 is 0 Å². The lowest BCUT2D eigenvalue weighted by molar-refractivity contribution is -0.266. The highest BCUT2D eigenvalue weighted by Crippen LogP contribution is 2.27. The lowest BCUT2D eigenvalue weighted by atomic mass is 10.0. The lowest BCUT2D eigenvalue weighted by Gasteiger charge is -2.20. The number of hydrogen-bond donors (Lipinski definition) is 0. The second-order valence-electron chi connectivity index (χ2n) is 5.89. The molecule has 26 heavy (non-hydrogen) atoms. The Balaban J connectivity index is 2.10. The van der Waals surface area contributed by atoms with E-state index in [4.69, 9.17) is 0 Å². The second kappa shape index (κ2) is 6.33. The zero-order valence-electron chi connectivity index (χ0n) is 13.8. The van der Waals surface area contributed by atoms with Gasteiger partial charge in [-0.05, 0) is 23.6 Å². The Bertz CT molecular complexity index is 1160. The van der Waals surface area contributed by atoms with Crippen molar-refractivity contribution >= 4 is 16.7 Å². The molecule has 0 atom stereocenters. The first kappa shape index (κ1) is 15.8. The molecule has 0 saturated heterocycles. The van der Waals surface area contributed by atoms with Gasteiger partial charge in [0.1, 0.15) is 0 Å². The molecule has 0 aliphatic carbocycles. The average Bonchev–Trinajstić information content (AvgIpc) is 2.69. The van der Waals surface area contributed by atoms with Crippen molar-refractivity contribution in [2.75, 3.05) is 0 Å². The number of carbonyl (C=O) groups is 1. The molecular formula is C22H14NO3-. The third kappa shape index (κ3) is 2.48. The summed E-state index contributed by atoms with van der Waals surface area (Å²) < 4.78 is 1.42. The van der Waals surface area contributed by atoms with Crippen LogP contribution in [0.5, 0.6) is 5.75 Å². The topological polar surface area (TPSA) is 62.1 Å².